The van der Waals surface area contributed by atoms with Gasteiger partial charge in [0.1, 0.15) is 17.9 Å². The molecule has 2 aliphatic carbocycles. The van der Waals surface area contributed by atoms with E-state index in [2.05, 4.69) is 4.98 Å². The highest BCUT2D eigenvalue weighted by molar-refractivity contribution is 5.67. The number of pyridine rings is 2. The highest BCUT2D eigenvalue weighted by atomic mass is 19.4. The van der Waals surface area contributed by atoms with Crippen molar-refractivity contribution in [2.24, 2.45) is 5.41 Å². The Morgan fingerprint density at radius 3 is 2.41 bits per heavy atom. The summed E-state index contributed by atoms with van der Waals surface area (Å²) >= 11 is 0. The number of aliphatic hydroxyl groups excluding tert-OH is 1. The van der Waals surface area contributed by atoms with Gasteiger partial charge in [-0.25, -0.2) is 0 Å². The van der Waals surface area contributed by atoms with Crippen molar-refractivity contribution >= 4 is 5.97 Å². The largest absolute Gasteiger partial charge is 0.455 e. The molecule has 5 rings (SSSR count). The number of aliphatic hydroxyl groups is 1. The van der Waals surface area contributed by atoms with Crippen molar-refractivity contribution in [3.05, 3.63) is 57.7 Å². The molecule has 37 heavy (non-hydrogen) atoms. The monoisotopic (exact) mass is 518 g/mol. The zero-order valence-corrected chi connectivity index (χ0v) is 21.8. The summed E-state index contributed by atoms with van der Waals surface area (Å²) in [5.74, 6) is -0.474. The maximum atomic E-state index is 13.2. The van der Waals surface area contributed by atoms with E-state index in [0.717, 1.165) is 48.6 Å². The molecule has 1 spiro atoms. The van der Waals surface area contributed by atoms with E-state index in [0.29, 0.717) is 23.2 Å². The van der Waals surface area contributed by atoms with Crippen molar-refractivity contribution in [3.8, 4) is 0 Å². The zero-order chi connectivity index (χ0) is 26.9. The number of ether oxygens (including phenoxy) is 2. The molecule has 2 aromatic rings. The first-order valence-electron chi connectivity index (χ1n) is 12.9. The fraction of sp³-hybridized carbons (Fsp3) is 0.607. The zero-order valence-electron chi connectivity index (χ0n) is 21.8. The van der Waals surface area contributed by atoms with E-state index >= 15 is 0 Å². The molecule has 200 valence electrons. The molecular weight excluding hydrogens is 485 g/mol. The number of nitrogens with zero attached hydrogens (tertiary/aromatic N) is 2. The molecule has 1 N–H and O–H groups in total. The first-order chi connectivity index (χ1) is 17.2. The van der Waals surface area contributed by atoms with E-state index in [1.54, 1.807) is 0 Å². The van der Waals surface area contributed by atoms with Gasteiger partial charge in [0.2, 0.25) is 0 Å². The van der Waals surface area contributed by atoms with Gasteiger partial charge in [-0.15, -0.1) is 0 Å². The summed E-state index contributed by atoms with van der Waals surface area (Å²) in [4.78, 5) is 20.8. The van der Waals surface area contributed by atoms with Crippen LogP contribution in [0.1, 0.15) is 130 Å². The van der Waals surface area contributed by atoms with Gasteiger partial charge in [0.15, 0.2) is 0 Å². The second kappa shape index (κ2) is 8.76. The minimum Gasteiger partial charge on any atom is -0.455 e. The average molecular weight is 519 g/mol. The number of alkyl halides is 3. The molecular formula is C28H33F3N2O4. The number of halogens is 3. The molecule has 1 fully saturated rings. The molecule has 0 saturated heterocycles. The van der Waals surface area contributed by atoms with Gasteiger partial charge in [-0.1, -0.05) is 46.6 Å². The van der Waals surface area contributed by atoms with Crippen LogP contribution in [0.5, 0.6) is 0 Å². The van der Waals surface area contributed by atoms with Crippen LogP contribution in [0.3, 0.4) is 0 Å². The van der Waals surface area contributed by atoms with Gasteiger partial charge < -0.3 is 14.6 Å². The Labute approximate surface area is 214 Å². The number of aromatic nitrogens is 2. The maximum absolute atomic E-state index is 13.2. The normalized spacial score (nSPS) is 25.8. The van der Waals surface area contributed by atoms with E-state index in [1.165, 1.54) is 19.2 Å². The smallest absolute Gasteiger partial charge is 0.433 e. The Hall–Kier alpha value is -2.52. The standard InChI is InChI=1S/C28H33F3N2O4/c1-14(2)22-20-21(19-17(35)12-26(4,5)25(23(19)33-22)36-15(3)34)27(10-6-7-11-27)37-24(20)16-8-9-18(32-13-16)28(29,30)31/h8-9,13-14,17,24-25,35H,6-7,10-12H2,1-5H3/t17?,24?,25-/m0/s1. The number of carbonyl (C=O) groups excluding carboxylic acids is 1. The van der Waals surface area contributed by atoms with Crippen molar-refractivity contribution in [1.29, 1.82) is 0 Å². The van der Waals surface area contributed by atoms with E-state index in [9.17, 15) is 23.1 Å². The van der Waals surface area contributed by atoms with Crippen LogP contribution >= 0.6 is 0 Å². The fourth-order valence-corrected chi connectivity index (χ4v) is 6.46. The van der Waals surface area contributed by atoms with Gasteiger partial charge in [-0.05, 0) is 36.8 Å². The van der Waals surface area contributed by atoms with Crippen LogP contribution in [0.2, 0.25) is 0 Å². The fourth-order valence-electron chi connectivity index (χ4n) is 6.46. The second-order valence-electron chi connectivity index (χ2n) is 11.6. The highest BCUT2D eigenvalue weighted by Crippen LogP contribution is 2.61. The SMILES string of the molecule is CC(=O)O[C@H]1c2nc(C(C)C)c3c(c2C(O)CC1(C)C)C1(CCCC1)OC3c1ccc(C(F)(F)F)nc1. The van der Waals surface area contributed by atoms with E-state index < -0.39 is 47.2 Å². The van der Waals surface area contributed by atoms with Crippen molar-refractivity contribution in [2.45, 2.75) is 103 Å². The Morgan fingerprint density at radius 2 is 1.86 bits per heavy atom. The Bertz CT molecular complexity index is 1220. The van der Waals surface area contributed by atoms with Gasteiger partial charge in [0.25, 0.3) is 0 Å². The lowest BCUT2D eigenvalue weighted by Gasteiger charge is -2.42. The first kappa shape index (κ1) is 26.1. The minimum atomic E-state index is -4.54. The average Bonchev–Trinajstić information content (AvgIpc) is 3.40. The molecule has 2 unspecified atom stereocenters. The number of hydrogen-bond donors (Lipinski definition) is 1. The molecule has 6 nitrogen and oxygen atoms in total. The Morgan fingerprint density at radius 1 is 1.19 bits per heavy atom. The van der Waals surface area contributed by atoms with Crippen molar-refractivity contribution < 1.29 is 32.5 Å². The molecule has 9 heteroatoms. The Kier molecular flexibility index (Phi) is 6.18. The van der Waals surface area contributed by atoms with Gasteiger partial charge in [-0.3, -0.25) is 14.8 Å². The molecule has 0 amide bonds. The Balaban J connectivity index is 1.77. The summed E-state index contributed by atoms with van der Waals surface area (Å²) in [6, 6.07) is 2.40. The highest BCUT2D eigenvalue weighted by Gasteiger charge is 2.55. The third-order valence-corrected chi connectivity index (χ3v) is 8.02. The summed E-state index contributed by atoms with van der Waals surface area (Å²) in [5, 5.41) is 11.5. The molecule has 3 heterocycles. The summed E-state index contributed by atoms with van der Waals surface area (Å²) in [6.45, 7) is 9.28. The molecule has 1 aliphatic heterocycles. The van der Waals surface area contributed by atoms with Gasteiger partial charge in [0, 0.05) is 40.9 Å². The third-order valence-electron chi connectivity index (χ3n) is 8.02. The van der Waals surface area contributed by atoms with Crippen LogP contribution in [-0.4, -0.2) is 21.0 Å². The molecule has 1 saturated carbocycles. The molecule has 0 bridgehead atoms. The number of fused-ring (bicyclic) bond motifs is 4. The number of hydrogen-bond acceptors (Lipinski definition) is 6. The lowest BCUT2D eigenvalue weighted by molar-refractivity contribution is -0.156. The summed E-state index contributed by atoms with van der Waals surface area (Å²) in [6.07, 6.45) is -1.76. The van der Waals surface area contributed by atoms with Crippen LogP contribution in [-0.2, 0) is 26.0 Å². The molecule has 2 aromatic heterocycles. The van der Waals surface area contributed by atoms with Gasteiger partial charge in [0.05, 0.1) is 17.4 Å². The quantitative estimate of drug-likeness (QED) is 0.463. The van der Waals surface area contributed by atoms with E-state index in [4.69, 9.17) is 14.5 Å². The predicted molar refractivity (Wildman–Crippen MR) is 129 cm³/mol. The molecule has 0 radical (unpaired) electrons. The second-order valence-corrected chi connectivity index (χ2v) is 11.6. The summed E-state index contributed by atoms with van der Waals surface area (Å²) in [7, 11) is 0. The predicted octanol–water partition coefficient (Wildman–Crippen LogP) is 6.58. The molecule has 3 atom stereocenters. The lowest BCUT2D eigenvalue weighted by Crippen LogP contribution is -2.37. The van der Waals surface area contributed by atoms with Gasteiger partial charge >= 0.3 is 12.1 Å². The number of rotatable bonds is 3. The number of esters is 1. The minimum absolute atomic E-state index is 0.0516. The van der Waals surface area contributed by atoms with E-state index in [-0.39, 0.29) is 5.92 Å². The van der Waals surface area contributed by atoms with Crippen LogP contribution < -0.4 is 0 Å². The summed E-state index contributed by atoms with van der Waals surface area (Å²) < 4.78 is 52.2. The van der Waals surface area contributed by atoms with E-state index in [1.807, 2.05) is 27.7 Å². The maximum Gasteiger partial charge on any atom is 0.433 e. The van der Waals surface area contributed by atoms with Crippen LogP contribution in [0.15, 0.2) is 18.3 Å². The molecule has 0 aromatic carbocycles. The van der Waals surface area contributed by atoms with Crippen molar-refractivity contribution in [2.75, 3.05) is 0 Å². The van der Waals surface area contributed by atoms with Crippen molar-refractivity contribution in [3.63, 3.8) is 0 Å². The van der Waals surface area contributed by atoms with Crippen LogP contribution in [0.25, 0.3) is 0 Å². The third kappa shape index (κ3) is 4.24. The first-order valence-corrected chi connectivity index (χ1v) is 12.9. The van der Waals surface area contributed by atoms with Crippen LogP contribution in [0.4, 0.5) is 13.2 Å². The number of carbonyl (C=O) groups is 1. The van der Waals surface area contributed by atoms with Crippen molar-refractivity contribution in [1.82, 2.24) is 9.97 Å². The lowest BCUT2D eigenvalue weighted by atomic mass is 9.68. The van der Waals surface area contributed by atoms with Gasteiger partial charge in [-0.2, -0.15) is 13.2 Å². The van der Waals surface area contributed by atoms with Crippen LogP contribution in [0, 0.1) is 5.41 Å². The topological polar surface area (TPSA) is 81.5 Å². The molecule has 3 aliphatic rings. The summed E-state index contributed by atoms with van der Waals surface area (Å²) in [5.41, 5.74) is 1.95.